The molecule has 0 aromatic heterocycles. The molecule has 0 amide bonds. The van der Waals surface area contributed by atoms with Crippen molar-refractivity contribution in [2.24, 2.45) is 10.9 Å². The first-order valence-corrected chi connectivity index (χ1v) is 9.55. The van der Waals surface area contributed by atoms with E-state index in [1.807, 2.05) is 0 Å². The largest absolute Gasteiger partial charge is 0.381 e. The Labute approximate surface area is 154 Å². The lowest BCUT2D eigenvalue weighted by atomic mass is 9.85. The molecule has 1 aromatic rings. The van der Waals surface area contributed by atoms with Crippen LogP contribution in [0.25, 0.3) is 0 Å². The SMILES string of the molecule is CCNC(=NCC(C)(C)c1ccccc1Br)N(C)CC1CCOC1. The van der Waals surface area contributed by atoms with Gasteiger partial charge in [0.15, 0.2) is 5.96 Å². The molecule has 134 valence electrons. The number of halogens is 1. The summed E-state index contributed by atoms with van der Waals surface area (Å²) >= 11 is 3.67. The zero-order valence-electron chi connectivity index (χ0n) is 15.3. The fraction of sp³-hybridized carbons (Fsp3) is 0.632. The van der Waals surface area contributed by atoms with E-state index < -0.39 is 0 Å². The Hall–Kier alpha value is -1.07. The van der Waals surface area contributed by atoms with E-state index in [4.69, 9.17) is 9.73 Å². The summed E-state index contributed by atoms with van der Waals surface area (Å²) in [5, 5.41) is 3.42. The first kappa shape index (κ1) is 19.3. The first-order valence-electron chi connectivity index (χ1n) is 8.76. The molecule has 24 heavy (non-hydrogen) atoms. The Morgan fingerprint density at radius 2 is 2.17 bits per heavy atom. The van der Waals surface area contributed by atoms with Crippen molar-refractivity contribution in [2.45, 2.75) is 32.6 Å². The van der Waals surface area contributed by atoms with Crippen LogP contribution in [0.4, 0.5) is 0 Å². The second-order valence-electron chi connectivity index (χ2n) is 7.14. The van der Waals surface area contributed by atoms with Crippen LogP contribution in [0.3, 0.4) is 0 Å². The third-order valence-electron chi connectivity index (χ3n) is 4.48. The molecule has 0 spiro atoms. The highest BCUT2D eigenvalue weighted by atomic mass is 79.9. The number of guanidine groups is 1. The van der Waals surface area contributed by atoms with Crippen LogP contribution in [0.2, 0.25) is 0 Å². The Morgan fingerprint density at radius 3 is 2.79 bits per heavy atom. The van der Waals surface area contributed by atoms with Crippen molar-refractivity contribution < 1.29 is 4.74 Å². The predicted octanol–water partition coefficient (Wildman–Crippen LogP) is 3.66. The van der Waals surface area contributed by atoms with Gasteiger partial charge >= 0.3 is 0 Å². The van der Waals surface area contributed by atoms with Crippen molar-refractivity contribution >= 4 is 21.9 Å². The van der Waals surface area contributed by atoms with Gasteiger partial charge in [0, 0.05) is 42.5 Å². The second kappa shape index (κ2) is 8.86. The fourth-order valence-electron chi connectivity index (χ4n) is 3.04. The van der Waals surface area contributed by atoms with Crippen LogP contribution in [0.1, 0.15) is 32.8 Å². The summed E-state index contributed by atoms with van der Waals surface area (Å²) in [7, 11) is 2.12. The number of hydrogen-bond acceptors (Lipinski definition) is 2. The Kier molecular flexibility index (Phi) is 7.11. The molecule has 0 saturated carbocycles. The van der Waals surface area contributed by atoms with Gasteiger partial charge in [0.2, 0.25) is 0 Å². The number of rotatable bonds is 6. The highest BCUT2D eigenvalue weighted by molar-refractivity contribution is 9.10. The van der Waals surface area contributed by atoms with Gasteiger partial charge in [-0.2, -0.15) is 0 Å². The number of nitrogens with one attached hydrogen (secondary N) is 1. The quantitative estimate of drug-likeness (QED) is 0.589. The summed E-state index contributed by atoms with van der Waals surface area (Å²) in [4.78, 5) is 7.15. The normalized spacial score (nSPS) is 18.7. The molecule has 1 heterocycles. The monoisotopic (exact) mass is 395 g/mol. The molecule has 2 rings (SSSR count). The highest BCUT2D eigenvalue weighted by Crippen LogP contribution is 2.30. The lowest BCUT2D eigenvalue weighted by Gasteiger charge is -2.28. The van der Waals surface area contributed by atoms with Crippen molar-refractivity contribution in [3.05, 3.63) is 34.3 Å². The van der Waals surface area contributed by atoms with Crippen LogP contribution in [0, 0.1) is 5.92 Å². The molecule has 0 radical (unpaired) electrons. The molecule has 1 aliphatic heterocycles. The Bertz CT molecular complexity index is 553. The second-order valence-corrected chi connectivity index (χ2v) is 8.00. The molecule has 4 nitrogen and oxygen atoms in total. The molecule has 1 N–H and O–H groups in total. The molecule has 0 aliphatic carbocycles. The maximum absolute atomic E-state index is 5.49. The summed E-state index contributed by atoms with van der Waals surface area (Å²) in [5.74, 6) is 1.58. The molecule has 1 unspecified atom stereocenters. The van der Waals surface area contributed by atoms with E-state index in [1.165, 1.54) is 5.56 Å². The lowest BCUT2D eigenvalue weighted by molar-refractivity contribution is 0.181. The van der Waals surface area contributed by atoms with E-state index in [-0.39, 0.29) is 5.41 Å². The zero-order valence-corrected chi connectivity index (χ0v) is 16.9. The van der Waals surface area contributed by atoms with E-state index in [0.717, 1.165) is 49.7 Å². The number of ether oxygens (including phenoxy) is 1. The van der Waals surface area contributed by atoms with E-state index in [1.54, 1.807) is 0 Å². The minimum absolute atomic E-state index is 0.0297. The van der Waals surface area contributed by atoms with Crippen LogP contribution in [-0.2, 0) is 10.2 Å². The number of nitrogens with zero attached hydrogens (tertiary/aromatic N) is 2. The van der Waals surface area contributed by atoms with Crippen molar-refractivity contribution in [1.82, 2.24) is 10.2 Å². The van der Waals surface area contributed by atoms with Crippen molar-refractivity contribution in [2.75, 3.05) is 39.9 Å². The van der Waals surface area contributed by atoms with Gasteiger partial charge in [-0.15, -0.1) is 0 Å². The third-order valence-corrected chi connectivity index (χ3v) is 5.17. The molecule has 1 saturated heterocycles. The average Bonchev–Trinajstić information content (AvgIpc) is 3.04. The number of aliphatic imine (C=N–C) groups is 1. The van der Waals surface area contributed by atoms with Crippen LogP contribution in [-0.4, -0.2) is 50.8 Å². The van der Waals surface area contributed by atoms with E-state index in [9.17, 15) is 0 Å². The molecule has 1 aliphatic rings. The van der Waals surface area contributed by atoms with Gasteiger partial charge < -0.3 is 15.0 Å². The van der Waals surface area contributed by atoms with Gasteiger partial charge in [-0.25, -0.2) is 0 Å². The summed E-state index contributed by atoms with van der Waals surface area (Å²) in [6.45, 7) is 11.0. The predicted molar refractivity (Wildman–Crippen MR) is 105 cm³/mol. The highest BCUT2D eigenvalue weighted by Gasteiger charge is 2.24. The first-order chi connectivity index (χ1) is 11.4. The van der Waals surface area contributed by atoms with Crippen molar-refractivity contribution in [3.8, 4) is 0 Å². The van der Waals surface area contributed by atoms with Crippen LogP contribution in [0.5, 0.6) is 0 Å². The van der Waals surface area contributed by atoms with Crippen LogP contribution in [0.15, 0.2) is 33.7 Å². The smallest absolute Gasteiger partial charge is 0.193 e. The Balaban J connectivity index is 2.07. The van der Waals surface area contributed by atoms with Crippen molar-refractivity contribution in [3.63, 3.8) is 0 Å². The molecule has 1 atom stereocenters. The third kappa shape index (κ3) is 5.21. The van der Waals surface area contributed by atoms with Gasteiger partial charge in [0.05, 0.1) is 13.2 Å². The standard InChI is InChI=1S/C19H30BrN3O/c1-5-21-18(23(4)12-15-10-11-24-13-15)22-14-19(2,3)16-8-6-7-9-17(16)20/h6-9,15H,5,10-14H2,1-4H3,(H,21,22). The summed E-state index contributed by atoms with van der Waals surface area (Å²) < 4.78 is 6.64. The average molecular weight is 396 g/mol. The zero-order chi connectivity index (χ0) is 17.6. The Morgan fingerprint density at radius 1 is 1.42 bits per heavy atom. The maximum Gasteiger partial charge on any atom is 0.193 e. The van der Waals surface area contributed by atoms with Gasteiger partial charge in [0.1, 0.15) is 0 Å². The van der Waals surface area contributed by atoms with Crippen LogP contribution >= 0.6 is 15.9 Å². The molecule has 1 aromatic carbocycles. The van der Waals surface area contributed by atoms with E-state index in [2.05, 4.69) is 78.2 Å². The molecular weight excluding hydrogens is 366 g/mol. The maximum atomic E-state index is 5.49. The van der Waals surface area contributed by atoms with Crippen molar-refractivity contribution in [1.29, 1.82) is 0 Å². The topological polar surface area (TPSA) is 36.9 Å². The summed E-state index contributed by atoms with van der Waals surface area (Å²) in [6, 6.07) is 8.40. The molecule has 1 fully saturated rings. The van der Waals surface area contributed by atoms with Gasteiger partial charge in [0.25, 0.3) is 0 Å². The molecule has 0 bridgehead atoms. The van der Waals surface area contributed by atoms with Gasteiger partial charge in [-0.05, 0) is 25.0 Å². The number of hydrogen-bond donors (Lipinski definition) is 1. The van der Waals surface area contributed by atoms with E-state index >= 15 is 0 Å². The number of benzene rings is 1. The minimum atomic E-state index is -0.0297. The summed E-state index contributed by atoms with van der Waals surface area (Å²) in [5.41, 5.74) is 1.26. The van der Waals surface area contributed by atoms with Gasteiger partial charge in [-0.1, -0.05) is 48.0 Å². The minimum Gasteiger partial charge on any atom is -0.381 e. The fourth-order valence-corrected chi connectivity index (χ4v) is 3.86. The van der Waals surface area contributed by atoms with Gasteiger partial charge in [-0.3, -0.25) is 4.99 Å². The lowest BCUT2D eigenvalue weighted by Crippen LogP contribution is -2.42. The van der Waals surface area contributed by atoms with Crippen LogP contribution < -0.4 is 5.32 Å². The summed E-state index contributed by atoms with van der Waals surface area (Å²) in [6.07, 6.45) is 1.15. The van der Waals surface area contributed by atoms with E-state index in [0.29, 0.717) is 5.92 Å². The molecular formula is C19H30BrN3O. The molecule has 5 heteroatoms.